The van der Waals surface area contributed by atoms with Gasteiger partial charge in [-0.2, -0.15) is 23.4 Å². The largest absolute Gasteiger partial charge is 0.433 e. The molecular weight excluding hydrogens is 409 g/mol. The summed E-state index contributed by atoms with van der Waals surface area (Å²) in [4.78, 5) is 19.2. The summed E-state index contributed by atoms with van der Waals surface area (Å²) in [5.74, 6) is -0.0487. The van der Waals surface area contributed by atoms with E-state index in [1.165, 1.54) is 0 Å². The molecule has 31 heavy (non-hydrogen) atoms. The molecule has 0 radical (unpaired) electrons. The minimum atomic E-state index is -4.56. The van der Waals surface area contributed by atoms with Crippen molar-refractivity contribution in [2.24, 2.45) is 0 Å². The third kappa shape index (κ3) is 4.03. The van der Waals surface area contributed by atoms with Crippen LogP contribution < -0.4 is 0 Å². The molecule has 0 spiro atoms. The molecule has 0 aromatic carbocycles. The van der Waals surface area contributed by atoms with E-state index in [9.17, 15) is 18.0 Å². The first-order valence-electron chi connectivity index (χ1n) is 10.5. The Kier molecular flexibility index (Phi) is 5.49. The van der Waals surface area contributed by atoms with Crippen LogP contribution in [-0.4, -0.2) is 42.1 Å². The Balaban J connectivity index is 1.73. The van der Waals surface area contributed by atoms with Crippen molar-refractivity contribution in [2.45, 2.75) is 64.6 Å². The Morgan fingerprint density at radius 1 is 1.26 bits per heavy atom. The summed E-state index contributed by atoms with van der Waals surface area (Å²) in [6.45, 7) is 6.25. The lowest BCUT2D eigenvalue weighted by Crippen LogP contribution is -2.39. The number of H-pyrrole nitrogens is 1. The minimum Gasteiger partial charge on any atom is -0.329 e. The Hall–Kier alpha value is -2.91. The SMILES string of the molecule is CCc1cc(C(F)(F)F)n2nc(C3CCCCN3C(=O)c3cc(C(C)C)[nH]n3)cc2n1. The second kappa shape index (κ2) is 7.97. The normalized spacial score (nSPS) is 17.6. The van der Waals surface area contributed by atoms with Gasteiger partial charge in [0, 0.05) is 24.0 Å². The number of halogens is 3. The van der Waals surface area contributed by atoms with Gasteiger partial charge in [0.05, 0.1) is 11.7 Å². The average molecular weight is 434 g/mol. The fourth-order valence-electron chi connectivity index (χ4n) is 3.96. The summed E-state index contributed by atoms with van der Waals surface area (Å²) in [5.41, 5.74) is 1.21. The van der Waals surface area contributed by atoms with E-state index in [4.69, 9.17) is 0 Å². The maximum Gasteiger partial charge on any atom is 0.433 e. The molecule has 1 amide bonds. The molecule has 3 aromatic rings. The number of likely N-dealkylation sites (tertiary alicyclic amines) is 1. The number of amides is 1. The number of aryl methyl sites for hydroxylation is 1. The molecule has 0 bridgehead atoms. The van der Waals surface area contributed by atoms with Gasteiger partial charge in [-0.15, -0.1) is 0 Å². The number of hydrogen-bond acceptors (Lipinski definition) is 4. The third-order valence-electron chi connectivity index (χ3n) is 5.70. The van der Waals surface area contributed by atoms with Crippen molar-refractivity contribution in [3.63, 3.8) is 0 Å². The number of aromatic nitrogens is 5. The molecule has 3 aromatic heterocycles. The molecule has 1 saturated heterocycles. The zero-order valence-corrected chi connectivity index (χ0v) is 17.7. The summed E-state index contributed by atoms with van der Waals surface area (Å²) in [7, 11) is 0. The number of nitrogens with one attached hydrogen (secondary N) is 1. The highest BCUT2D eigenvalue weighted by atomic mass is 19.4. The topological polar surface area (TPSA) is 79.2 Å². The van der Waals surface area contributed by atoms with Gasteiger partial charge in [0.25, 0.3) is 5.91 Å². The first-order chi connectivity index (χ1) is 14.7. The van der Waals surface area contributed by atoms with Crippen molar-refractivity contribution in [1.82, 2.24) is 29.7 Å². The van der Waals surface area contributed by atoms with Crippen molar-refractivity contribution in [2.75, 3.05) is 6.54 Å². The molecule has 1 unspecified atom stereocenters. The van der Waals surface area contributed by atoms with Crippen molar-refractivity contribution >= 4 is 11.6 Å². The number of piperidine rings is 1. The minimum absolute atomic E-state index is 0.140. The van der Waals surface area contributed by atoms with E-state index in [2.05, 4.69) is 20.3 Å². The van der Waals surface area contributed by atoms with Crippen molar-refractivity contribution in [3.05, 3.63) is 46.7 Å². The van der Waals surface area contributed by atoms with Crippen LogP contribution in [0.15, 0.2) is 18.2 Å². The summed E-state index contributed by atoms with van der Waals surface area (Å²) in [6, 6.07) is 3.91. The van der Waals surface area contributed by atoms with Gasteiger partial charge in [-0.25, -0.2) is 9.50 Å². The Labute approximate surface area is 177 Å². The van der Waals surface area contributed by atoms with Crippen LogP contribution in [0.4, 0.5) is 13.2 Å². The first kappa shape index (κ1) is 21.3. The molecule has 1 aliphatic heterocycles. The van der Waals surface area contributed by atoms with E-state index >= 15 is 0 Å². The number of hydrogen-bond donors (Lipinski definition) is 1. The van der Waals surface area contributed by atoms with Gasteiger partial charge in [0.1, 0.15) is 11.4 Å². The zero-order valence-electron chi connectivity index (χ0n) is 17.7. The third-order valence-corrected chi connectivity index (χ3v) is 5.70. The molecule has 1 fully saturated rings. The fraction of sp³-hybridized carbons (Fsp3) is 0.524. The first-order valence-corrected chi connectivity index (χ1v) is 10.5. The van der Waals surface area contributed by atoms with Crippen LogP contribution in [0.1, 0.15) is 85.3 Å². The van der Waals surface area contributed by atoms with Crippen LogP contribution in [0.3, 0.4) is 0 Å². The van der Waals surface area contributed by atoms with E-state index in [-0.39, 0.29) is 17.5 Å². The van der Waals surface area contributed by atoms with Gasteiger partial charge >= 0.3 is 6.18 Å². The van der Waals surface area contributed by atoms with Crippen LogP contribution >= 0.6 is 0 Å². The van der Waals surface area contributed by atoms with E-state index in [0.29, 0.717) is 36.5 Å². The number of carbonyl (C=O) groups excluding carboxylic acids is 1. The molecule has 4 heterocycles. The second-order valence-corrected chi connectivity index (χ2v) is 8.20. The maximum atomic E-state index is 13.6. The number of fused-ring (bicyclic) bond motifs is 1. The van der Waals surface area contributed by atoms with Crippen LogP contribution in [0, 0.1) is 0 Å². The Bertz CT molecular complexity index is 1100. The fourth-order valence-corrected chi connectivity index (χ4v) is 3.96. The number of nitrogens with zero attached hydrogens (tertiary/aromatic N) is 5. The standard InChI is InChI=1S/C21H25F3N6O/c1-4-13-9-18(21(22,23)24)30-19(25-13)11-15(28-30)17-7-5-6-8-29(17)20(31)16-10-14(12(2)3)26-27-16/h9-12,17H,4-8H2,1-3H3,(H,26,27). The monoisotopic (exact) mass is 434 g/mol. The van der Waals surface area contributed by atoms with Gasteiger partial charge in [-0.3, -0.25) is 9.89 Å². The van der Waals surface area contributed by atoms with Gasteiger partial charge in [-0.1, -0.05) is 20.8 Å². The van der Waals surface area contributed by atoms with E-state index in [0.717, 1.165) is 29.1 Å². The molecule has 1 aliphatic rings. The molecule has 7 nitrogen and oxygen atoms in total. The smallest absolute Gasteiger partial charge is 0.329 e. The lowest BCUT2D eigenvalue weighted by Gasteiger charge is -2.34. The van der Waals surface area contributed by atoms with Crippen molar-refractivity contribution in [1.29, 1.82) is 0 Å². The summed E-state index contributed by atoms with van der Waals surface area (Å²) in [5, 5.41) is 11.3. The lowest BCUT2D eigenvalue weighted by atomic mass is 9.99. The molecule has 4 rings (SSSR count). The van der Waals surface area contributed by atoms with Gasteiger partial charge in [-0.05, 0) is 43.7 Å². The average Bonchev–Trinajstić information content (AvgIpc) is 3.39. The molecular formula is C21H25F3N6O. The van der Waals surface area contributed by atoms with Crippen molar-refractivity contribution in [3.8, 4) is 0 Å². The number of alkyl halides is 3. The molecule has 1 atom stereocenters. The van der Waals surface area contributed by atoms with Gasteiger partial charge < -0.3 is 4.90 Å². The van der Waals surface area contributed by atoms with Gasteiger partial charge in [0.15, 0.2) is 5.65 Å². The highest BCUT2D eigenvalue weighted by Crippen LogP contribution is 2.34. The van der Waals surface area contributed by atoms with Crippen LogP contribution in [0.5, 0.6) is 0 Å². The van der Waals surface area contributed by atoms with Gasteiger partial charge in [0.2, 0.25) is 0 Å². The number of rotatable bonds is 4. The Morgan fingerprint density at radius 3 is 2.68 bits per heavy atom. The second-order valence-electron chi connectivity index (χ2n) is 8.20. The molecule has 166 valence electrons. The van der Waals surface area contributed by atoms with Crippen LogP contribution in [-0.2, 0) is 12.6 Å². The van der Waals surface area contributed by atoms with E-state index in [1.54, 1.807) is 24.0 Å². The number of aromatic amines is 1. The van der Waals surface area contributed by atoms with Crippen molar-refractivity contribution < 1.29 is 18.0 Å². The predicted octanol–water partition coefficient (Wildman–Crippen LogP) is 4.52. The predicted molar refractivity (Wildman–Crippen MR) is 108 cm³/mol. The van der Waals surface area contributed by atoms with E-state index in [1.807, 2.05) is 13.8 Å². The van der Waals surface area contributed by atoms with Crippen LogP contribution in [0.25, 0.3) is 5.65 Å². The Morgan fingerprint density at radius 2 is 2.03 bits per heavy atom. The quantitative estimate of drug-likeness (QED) is 0.655. The molecule has 0 saturated carbocycles. The molecule has 0 aliphatic carbocycles. The van der Waals surface area contributed by atoms with E-state index < -0.39 is 17.9 Å². The molecule has 10 heteroatoms. The highest BCUT2D eigenvalue weighted by molar-refractivity contribution is 5.92. The summed E-state index contributed by atoms with van der Waals surface area (Å²) >= 11 is 0. The maximum absolute atomic E-state index is 13.6. The highest BCUT2D eigenvalue weighted by Gasteiger charge is 2.37. The number of carbonyl (C=O) groups is 1. The summed E-state index contributed by atoms with van der Waals surface area (Å²) < 4.78 is 41.7. The zero-order chi connectivity index (χ0) is 22.3. The summed E-state index contributed by atoms with van der Waals surface area (Å²) in [6.07, 6.45) is -1.87. The lowest BCUT2D eigenvalue weighted by molar-refractivity contribution is -0.142. The van der Waals surface area contributed by atoms with Crippen LogP contribution in [0.2, 0.25) is 0 Å². The molecule has 1 N–H and O–H groups in total.